The number of amides is 2. The number of hydrogen-bond donors (Lipinski definition) is 3. The van der Waals surface area contributed by atoms with Gasteiger partial charge in [-0.15, -0.1) is 0 Å². The molecule has 0 atom stereocenters. The van der Waals surface area contributed by atoms with Gasteiger partial charge >= 0.3 is 0 Å². The van der Waals surface area contributed by atoms with Gasteiger partial charge in [0.1, 0.15) is 11.5 Å². The first-order valence-electron chi connectivity index (χ1n) is 9.77. The molecule has 0 spiro atoms. The molecule has 6 heteroatoms. The van der Waals surface area contributed by atoms with E-state index >= 15 is 0 Å². The molecule has 0 saturated carbocycles. The van der Waals surface area contributed by atoms with Crippen LogP contribution in [0.15, 0.2) is 78.9 Å². The number of ether oxygens (including phenoxy) is 1. The zero-order valence-corrected chi connectivity index (χ0v) is 17.0. The van der Waals surface area contributed by atoms with Crippen LogP contribution in [0.1, 0.15) is 24.2 Å². The largest absolute Gasteiger partial charge is 0.457 e. The zero-order chi connectivity index (χ0) is 21.3. The summed E-state index contributed by atoms with van der Waals surface area (Å²) in [6, 6.07) is 23.8. The minimum absolute atomic E-state index is 0.0458. The van der Waals surface area contributed by atoms with Crippen LogP contribution in [0.3, 0.4) is 0 Å². The normalized spacial score (nSPS) is 10.4. The number of para-hydroxylation sites is 1. The van der Waals surface area contributed by atoms with Crippen molar-refractivity contribution in [2.45, 2.75) is 19.9 Å². The van der Waals surface area contributed by atoms with Crippen LogP contribution in [0.25, 0.3) is 0 Å². The fourth-order valence-electron chi connectivity index (χ4n) is 2.74. The third-order valence-electron chi connectivity index (χ3n) is 4.11. The van der Waals surface area contributed by atoms with Gasteiger partial charge in [0.25, 0.3) is 5.91 Å². The molecule has 0 radical (unpaired) electrons. The molecule has 0 fully saturated rings. The van der Waals surface area contributed by atoms with Crippen molar-refractivity contribution in [1.29, 1.82) is 0 Å². The smallest absolute Gasteiger partial charge is 0.251 e. The highest BCUT2D eigenvalue weighted by atomic mass is 16.5. The summed E-state index contributed by atoms with van der Waals surface area (Å²) in [6.45, 7) is 3.90. The van der Waals surface area contributed by atoms with Gasteiger partial charge in [0, 0.05) is 23.0 Å². The van der Waals surface area contributed by atoms with Crippen molar-refractivity contribution in [3.8, 4) is 11.5 Å². The van der Waals surface area contributed by atoms with Crippen LogP contribution >= 0.6 is 0 Å². The second-order valence-electron chi connectivity index (χ2n) is 7.05. The molecule has 0 bridgehead atoms. The van der Waals surface area contributed by atoms with Crippen LogP contribution < -0.4 is 20.7 Å². The molecular weight excluding hydrogens is 378 g/mol. The molecule has 0 aliphatic rings. The molecule has 3 rings (SSSR count). The summed E-state index contributed by atoms with van der Waals surface area (Å²) in [5, 5.41) is 8.70. The number of nitrogens with one attached hydrogen (secondary N) is 3. The van der Waals surface area contributed by atoms with Gasteiger partial charge in [-0.2, -0.15) is 0 Å². The molecule has 2 amide bonds. The maximum Gasteiger partial charge on any atom is 0.251 e. The minimum Gasteiger partial charge on any atom is -0.457 e. The molecule has 3 N–H and O–H groups in total. The predicted octanol–water partition coefficient (Wildman–Crippen LogP) is 4.67. The van der Waals surface area contributed by atoms with Gasteiger partial charge in [0.05, 0.1) is 6.54 Å². The third kappa shape index (κ3) is 6.38. The van der Waals surface area contributed by atoms with E-state index in [0.29, 0.717) is 17.0 Å². The summed E-state index contributed by atoms with van der Waals surface area (Å²) in [5.74, 6) is 1.10. The minimum atomic E-state index is -0.207. The van der Waals surface area contributed by atoms with Crippen molar-refractivity contribution in [2.75, 3.05) is 17.2 Å². The second kappa shape index (κ2) is 10.1. The van der Waals surface area contributed by atoms with Crippen molar-refractivity contribution in [2.24, 2.45) is 0 Å². The van der Waals surface area contributed by atoms with Gasteiger partial charge < -0.3 is 20.7 Å². The molecule has 0 aliphatic carbocycles. The number of carbonyl (C=O) groups is 2. The highest BCUT2D eigenvalue weighted by Crippen LogP contribution is 2.22. The third-order valence-corrected chi connectivity index (χ3v) is 4.11. The van der Waals surface area contributed by atoms with Gasteiger partial charge in [-0.3, -0.25) is 9.59 Å². The monoisotopic (exact) mass is 403 g/mol. The Labute approximate surface area is 176 Å². The first kappa shape index (κ1) is 20.9. The average Bonchev–Trinajstić information content (AvgIpc) is 2.74. The van der Waals surface area contributed by atoms with Crippen LogP contribution in [0, 0.1) is 0 Å². The molecule has 3 aromatic rings. The Morgan fingerprint density at radius 3 is 2.23 bits per heavy atom. The van der Waals surface area contributed by atoms with Crippen molar-refractivity contribution in [3.63, 3.8) is 0 Å². The maximum absolute atomic E-state index is 12.3. The SMILES string of the molecule is CC(C)NC(=O)c1cccc(NC(=O)CNc2ccc(Oc3ccccc3)cc2)c1. The number of carbonyl (C=O) groups excluding carboxylic acids is 2. The van der Waals surface area contributed by atoms with Crippen molar-refractivity contribution < 1.29 is 14.3 Å². The number of hydrogen-bond acceptors (Lipinski definition) is 4. The van der Waals surface area contributed by atoms with Crippen LogP contribution in [-0.4, -0.2) is 24.4 Å². The lowest BCUT2D eigenvalue weighted by atomic mass is 10.1. The van der Waals surface area contributed by atoms with Gasteiger partial charge in [0.15, 0.2) is 0 Å². The highest BCUT2D eigenvalue weighted by Gasteiger charge is 2.09. The summed E-state index contributed by atoms with van der Waals surface area (Å²) in [5.41, 5.74) is 1.88. The van der Waals surface area contributed by atoms with Crippen LogP contribution in [0.5, 0.6) is 11.5 Å². The van der Waals surface area contributed by atoms with Crippen LogP contribution in [0.4, 0.5) is 11.4 Å². The first-order chi connectivity index (χ1) is 14.5. The Hall–Kier alpha value is -3.80. The molecule has 0 aliphatic heterocycles. The molecule has 30 heavy (non-hydrogen) atoms. The van der Waals surface area contributed by atoms with E-state index < -0.39 is 0 Å². The van der Waals surface area contributed by atoms with E-state index in [9.17, 15) is 9.59 Å². The predicted molar refractivity (Wildman–Crippen MR) is 119 cm³/mol. The van der Waals surface area contributed by atoms with Crippen molar-refractivity contribution in [3.05, 3.63) is 84.4 Å². The summed E-state index contributed by atoms with van der Waals surface area (Å²) in [6.07, 6.45) is 0. The Morgan fingerprint density at radius 1 is 0.833 bits per heavy atom. The Morgan fingerprint density at radius 2 is 1.53 bits per heavy atom. The quantitative estimate of drug-likeness (QED) is 0.511. The van der Waals surface area contributed by atoms with Gasteiger partial charge in [-0.05, 0) is 68.4 Å². The van der Waals surface area contributed by atoms with Crippen LogP contribution in [0.2, 0.25) is 0 Å². The van der Waals surface area contributed by atoms with Crippen molar-refractivity contribution in [1.82, 2.24) is 5.32 Å². The first-order valence-corrected chi connectivity index (χ1v) is 9.77. The summed E-state index contributed by atoms with van der Waals surface area (Å²) in [7, 11) is 0. The van der Waals surface area contributed by atoms with Gasteiger partial charge in [-0.25, -0.2) is 0 Å². The molecule has 3 aromatic carbocycles. The molecule has 6 nitrogen and oxygen atoms in total. The molecule has 0 heterocycles. The summed E-state index contributed by atoms with van der Waals surface area (Å²) >= 11 is 0. The highest BCUT2D eigenvalue weighted by molar-refractivity contribution is 5.98. The summed E-state index contributed by atoms with van der Waals surface area (Å²) in [4.78, 5) is 24.4. The molecule has 0 saturated heterocycles. The Kier molecular flexibility index (Phi) is 7.05. The second-order valence-corrected chi connectivity index (χ2v) is 7.05. The van der Waals surface area contributed by atoms with E-state index in [0.717, 1.165) is 11.4 Å². The fraction of sp³-hybridized carbons (Fsp3) is 0.167. The van der Waals surface area contributed by atoms with Crippen LogP contribution in [-0.2, 0) is 4.79 Å². The van der Waals surface area contributed by atoms with Gasteiger partial charge in [0.2, 0.25) is 5.91 Å². The lowest BCUT2D eigenvalue weighted by Gasteiger charge is -2.11. The zero-order valence-electron chi connectivity index (χ0n) is 17.0. The van der Waals surface area contributed by atoms with E-state index in [1.165, 1.54) is 0 Å². The average molecular weight is 403 g/mol. The topological polar surface area (TPSA) is 79.5 Å². The molecule has 0 unspecified atom stereocenters. The van der Waals surface area contributed by atoms with E-state index in [1.807, 2.05) is 68.4 Å². The Balaban J connectivity index is 1.50. The Bertz CT molecular complexity index is 986. The van der Waals surface area contributed by atoms with E-state index in [-0.39, 0.29) is 24.4 Å². The fourth-order valence-corrected chi connectivity index (χ4v) is 2.74. The van der Waals surface area contributed by atoms with E-state index in [2.05, 4.69) is 16.0 Å². The van der Waals surface area contributed by atoms with Gasteiger partial charge in [-0.1, -0.05) is 24.3 Å². The number of anilines is 2. The van der Waals surface area contributed by atoms with Crippen molar-refractivity contribution >= 4 is 23.2 Å². The lowest BCUT2D eigenvalue weighted by molar-refractivity contribution is -0.114. The summed E-state index contributed by atoms with van der Waals surface area (Å²) < 4.78 is 5.75. The standard InChI is InChI=1S/C24H25N3O3/c1-17(2)26-24(29)18-7-6-8-20(15-18)27-23(28)16-25-19-11-13-22(14-12-19)30-21-9-4-3-5-10-21/h3-15,17,25H,16H2,1-2H3,(H,26,29)(H,27,28). The molecule has 154 valence electrons. The van der Waals surface area contributed by atoms with E-state index in [4.69, 9.17) is 4.74 Å². The number of benzene rings is 3. The molecule has 0 aromatic heterocycles. The molecular formula is C24H25N3O3. The lowest BCUT2D eigenvalue weighted by Crippen LogP contribution is -2.30. The number of rotatable bonds is 8. The van der Waals surface area contributed by atoms with E-state index in [1.54, 1.807) is 24.3 Å². The maximum atomic E-state index is 12.3.